The van der Waals surface area contributed by atoms with E-state index in [2.05, 4.69) is 0 Å². The lowest BCUT2D eigenvalue weighted by atomic mass is 10.1. The maximum absolute atomic E-state index is 10.8. The van der Waals surface area contributed by atoms with Gasteiger partial charge in [0, 0.05) is 5.75 Å². The molecule has 0 radical (unpaired) electrons. The van der Waals surface area contributed by atoms with E-state index < -0.39 is 5.97 Å². The first-order valence-electron chi connectivity index (χ1n) is 5.18. The quantitative estimate of drug-likeness (QED) is 0.881. The largest absolute Gasteiger partial charge is 0.478 e. The number of carboxylic acids is 1. The number of benzene rings is 1. The monoisotopic (exact) mass is 248 g/mol. The second-order valence-electron chi connectivity index (χ2n) is 3.58. The van der Waals surface area contributed by atoms with Crippen LogP contribution in [-0.4, -0.2) is 11.1 Å². The molecule has 0 aliphatic heterocycles. The van der Waals surface area contributed by atoms with E-state index in [4.69, 9.17) is 9.52 Å². The van der Waals surface area contributed by atoms with E-state index >= 15 is 0 Å². The Morgan fingerprint density at radius 1 is 1.24 bits per heavy atom. The second kappa shape index (κ2) is 5.59. The average molecular weight is 248 g/mol. The fourth-order valence-corrected chi connectivity index (χ4v) is 2.34. The standard InChI is InChI=1S/C13H12O3S/c14-13(15)11-4-1-3-10(7-11)8-17-9-12-5-2-6-16-12/h1-7H,8-9H2,(H,14,15). The second-order valence-corrected chi connectivity index (χ2v) is 4.56. The Morgan fingerprint density at radius 3 is 2.82 bits per heavy atom. The molecule has 2 rings (SSSR count). The van der Waals surface area contributed by atoms with Gasteiger partial charge in [-0.1, -0.05) is 12.1 Å². The van der Waals surface area contributed by atoms with E-state index in [-0.39, 0.29) is 0 Å². The minimum Gasteiger partial charge on any atom is -0.478 e. The van der Waals surface area contributed by atoms with Gasteiger partial charge in [0.05, 0.1) is 17.6 Å². The number of thioether (sulfide) groups is 1. The van der Waals surface area contributed by atoms with Gasteiger partial charge in [-0.3, -0.25) is 0 Å². The lowest BCUT2D eigenvalue weighted by Crippen LogP contribution is -1.96. The number of hydrogen-bond acceptors (Lipinski definition) is 3. The normalized spacial score (nSPS) is 10.4. The Labute approximate surface area is 103 Å². The Kier molecular flexibility index (Phi) is 3.88. The molecule has 0 spiro atoms. The van der Waals surface area contributed by atoms with Crippen LogP contribution in [0.3, 0.4) is 0 Å². The number of furan rings is 1. The highest BCUT2D eigenvalue weighted by atomic mass is 32.2. The molecule has 0 fully saturated rings. The van der Waals surface area contributed by atoms with Crippen molar-refractivity contribution in [3.8, 4) is 0 Å². The van der Waals surface area contributed by atoms with E-state index in [0.717, 1.165) is 22.8 Å². The predicted molar refractivity (Wildman–Crippen MR) is 67.1 cm³/mol. The van der Waals surface area contributed by atoms with Crippen LogP contribution in [0.4, 0.5) is 0 Å². The molecule has 1 N–H and O–H groups in total. The maximum atomic E-state index is 10.8. The molecule has 1 heterocycles. The molecule has 88 valence electrons. The van der Waals surface area contributed by atoms with Crippen molar-refractivity contribution in [3.05, 3.63) is 59.5 Å². The molecule has 2 aromatic rings. The maximum Gasteiger partial charge on any atom is 0.335 e. The molecule has 0 amide bonds. The molecule has 0 saturated heterocycles. The molecule has 0 aliphatic carbocycles. The van der Waals surface area contributed by atoms with E-state index in [1.807, 2.05) is 18.2 Å². The molecular formula is C13H12O3S. The average Bonchev–Trinajstić information content (AvgIpc) is 2.82. The Hall–Kier alpha value is -1.68. The zero-order valence-electron chi connectivity index (χ0n) is 9.13. The summed E-state index contributed by atoms with van der Waals surface area (Å²) in [5.74, 6) is 1.62. The Bertz CT molecular complexity index is 491. The molecule has 3 nitrogen and oxygen atoms in total. The van der Waals surface area contributed by atoms with Crippen molar-refractivity contribution in [2.75, 3.05) is 0 Å². The molecular weight excluding hydrogens is 236 g/mol. The van der Waals surface area contributed by atoms with Crippen molar-refractivity contribution >= 4 is 17.7 Å². The number of aromatic carboxylic acids is 1. The summed E-state index contributed by atoms with van der Waals surface area (Å²) in [6, 6.07) is 10.8. The van der Waals surface area contributed by atoms with Gasteiger partial charge in [-0.15, -0.1) is 11.8 Å². The molecule has 0 unspecified atom stereocenters. The van der Waals surface area contributed by atoms with Gasteiger partial charge in [-0.25, -0.2) is 4.79 Å². The summed E-state index contributed by atoms with van der Waals surface area (Å²) in [5.41, 5.74) is 1.35. The van der Waals surface area contributed by atoms with Gasteiger partial charge in [-0.05, 0) is 29.8 Å². The van der Waals surface area contributed by atoms with Crippen LogP contribution in [0.2, 0.25) is 0 Å². The Morgan fingerprint density at radius 2 is 2.12 bits per heavy atom. The summed E-state index contributed by atoms with van der Waals surface area (Å²) in [6.07, 6.45) is 1.65. The third-order valence-corrected chi connectivity index (χ3v) is 3.29. The smallest absolute Gasteiger partial charge is 0.335 e. The van der Waals surface area contributed by atoms with Crippen molar-refractivity contribution in [1.29, 1.82) is 0 Å². The van der Waals surface area contributed by atoms with Crippen LogP contribution in [0.15, 0.2) is 47.1 Å². The minimum atomic E-state index is -0.886. The predicted octanol–water partition coefficient (Wildman–Crippen LogP) is 3.41. The highest BCUT2D eigenvalue weighted by molar-refractivity contribution is 7.97. The number of hydrogen-bond donors (Lipinski definition) is 1. The van der Waals surface area contributed by atoms with Crippen molar-refractivity contribution in [2.24, 2.45) is 0 Å². The highest BCUT2D eigenvalue weighted by Crippen LogP contribution is 2.18. The van der Waals surface area contributed by atoms with Crippen LogP contribution in [0.5, 0.6) is 0 Å². The number of rotatable bonds is 5. The van der Waals surface area contributed by atoms with Gasteiger partial charge in [0.25, 0.3) is 0 Å². The SMILES string of the molecule is O=C(O)c1cccc(CSCc2ccco2)c1. The van der Waals surface area contributed by atoms with Gasteiger partial charge in [-0.2, -0.15) is 0 Å². The molecule has 1 aromatic carbocycles. The molecule has 0 atom stereocenters. The van der Waals surface area contributed by atoms with Gasteiger partial charge in [0.2, 0.25) is 0 Å². The first-order chi connectivity index (χ1) is 8.25. The third kappa shape index (κ3) is 3.39. The van der Waals surface area contributed by atoms with Crippen LogP contribution < -0.4 is 0 Å². The summed E-state index contributed by atoms with van der Waals surface area (Å²) >= 11 is 1.70. The zero-order valence-corrected chi connectivity index (χ0v) is 9.94. The van der Waals surface area contributed by atoms with Gasteiger partial charge >= 0.3 is 5.97 Å². The minimum absolute atomic E-state index is 0.334. The van der Waals surface area contributed by atoms with Crippen molar-refractivity contribution in [2.45, 2.75) is 11.5 Å². The first kappa shape index (κ1) is 11.8. The Balaban J connectivity index is 1.90. The fraction of sp³-hybridized carbons (Fsp3) is 0.154. The van der Waals surface area contributed by atoms with Crippen molar-refractivity contribution in [1.82, 2.24) is 0 Å². The molecule has 1 aromatic heterocycles. The summed E-state index contributed by atoms with van der Waals surface area (Å²) in [5, 5.41) is 8.86. The van der Waals surface area contributed by atoms with Crippen LogP contribution in [-0.2, 0) is 11.5 Å². The van der Waals surface area contributed by atoms with Crippen LogP contribution >= 0.6 is 11.8 Å². The third-order valence-electron chi connectivity index (χ3n) is 2.27. The lowest BCUT2D eigenvalue weighted by Gasteiger charge is -2.01. The number of carbonyl (C=O) groups is 1. The van der Waals surface area contributed by atoms with Crippen LogP contribution in [0.25, 0.3) is 0 Å². The van der Waals surface area contributed by atoms with Crippen LogP contribution in [0, 0.1) is 0 Å². The molecule has 0 bridgehead atoms. The van der Waals surface area contributed by atoms with E-state index in [9.17, 15) is 4.79 Å². The van der Waals surface area contributed by atoms with Crippen molar-refractivity contribution < 1.29 is 14.3 Å². The first-order valence-corrected chi connectivity index (χ1v) is 6.33. The number of carboxylic acid groups (broad SMARTS) is 1. The van der Waals surface area contributed by atoms with Gasteiger partial charge < -0.3 is 9.52 Å². The zero-order chi connectivity index (χ0) is 12.1. The summed E-state index contributed by atoms with van der Waals surface area (Å²) in [4.78, 5) is 10.8. The van der Waals surface area contributed by atoms with Crippen LogP contribution in [0.1, 0.15) is 21.7 Å². The fourth-order valence-electron chi connectivity index (χ4n) is 1.46. The van der Waals surface area contributed by atoms with Gasteiger partial charge in [0.15, 0.2) is 0 Å². The lowest BCUT2D eigenvalue weighted by molar-refractivity contribution is 0.0697. The molecule has 0 saturated carbocycles. The summed E-state index contributed by atoms with van der Waals surface area (Å²) in [6.45, 7) is 0. The highest BCUT2D eigenvalue weighted by Gasteiger charge is 2.03. The van der Waals surface area contributed by atoms with E-state index in [1.54, 1.807) is 36.2 Å². The molecule has 4 heteroatoms. The van der Waals surface area contributed by atoms with Gasteiger partial charge in [0.1, 0.15) is 5.76 Å². The topological polar surface area (TPSA) is 50.4 Å². The van der Waals surface area contributed by atoms with Crippen molar-refractivity contribution in [3.63, 3.8) is 0 Å². The summed E-state index contributed by atoms with van der Waals surface area (Å²) < 4.78 is 5.22. The summed E-state index contributed by atoms with van der Waals surface area (Å²) in [7, 11) is 0. The van der Waals surface area contributed by atoms with E-state index in [0.29, 0.717) is 5.56 Å². The van der Waals surface area contributed by atoms with E-state index in [1.165, 1.54) is 0 Å². The molecule has 17 heavy (non-hydrogen) atoms. The molecule has 0 aliphatic rings.